The lowest BCUT2D eigenvalue weighted by Gasteiger charge is -2.19. The van der Waals surface area contributed by atoms with Crippen molar-refractivity contribution in [1.82, 2.24) is 14.9 Å². The van der Waals surface area contributed by atoms with Crippen LogP contribution in [0.3, 0.4) is 0 Å². The highest BCUT2D eigenvalue weighted by molar-refractivity contribution is 9.10. The van der Waals surface area contributed by atoms with E-state index in [1.54, 1.807) is 0 Å². The molecule has 2 rings (SSSR count). The molecule has 3 nitrogen and oxygen atoms in total. The van der Waals surface area contributed by atoms with Crippen LogP contribution in [0.5, 0.6) is 0 Å². The van der Waals surface area contributed by atoms with Crippen molar-refractivity contribution in [1.29, 1.82) is 0 Å². The summed E-state index contributed by atoms with van der Waals surface area (Å²) in [6, 6.07) is 8.37. The van der Waals surface area contributed by atoms with Gasteiger partial charge in [0.2, 0.25) is 0 Å². The van der Waals surface area contributed by atoms with E-state index in [9.17, 15) is 0 Å². The number of hydrogen-bond donors (Lipinski definition) is 1. The SMILES string of the molecule is CCNC(c1ccccc1Br)c1nccn1C. The molecular formula is C13H16BrN3. The number of aromatic nitrogens is 2. The van der Waals surface area contributed by atoms with Crippen molar-refractivity contribution < 1.29 is 0 Å². The zero-order valence-corrected chi connectivity index (χ0v) is 11.6. The first-order chi connectivity index (χ1) is 8.24. The second-order valence-corrected chi connectivity index (χ2v) is 4.76. The van der Waals surface area contributed by atoms with Gasteiger partial charge in [-0.15, -0.1) is 0 Å². The summed E-state index contributed by atoms with van der Waals surface area (Å²) in [5.41, 5.74) is 1.21. The predicted octanol–water partition coefficient (Wildman–Crippen LogP) is 2.88. The normalized spacial score (nSPS) is 12.6. The Morgan fingerprint density at radius 2 is 2.18 bits per heavy atom. The molecule has 0 aliphatic heterocycles. The highest BCUT2D eigenvalue weighted by atomic mass is 79.9. The van der Waals surface area contributed by atoms with E-state index in [1.165, 1.54) is 5.56 Å². The molecule has 0 spiro atoms. The molecule has 0 aliphatic rings. The van der Waals surface area contributed by atoms with Gasteiger partial charge in [0, 0.05) is 23.9 Å². The van der Waals surface area contributed by atoms with Gasteiger partial charge in [0.1, 0.15) is 5.82 Å². The molecule has 17 heavy (non-hydrogen) atoms. The van der Waals surface area contributed by atoms with Crippen molar-refractivity contribution >= 4 is 15.9 Å². The Labute approximate surface area is 110 Å². The fourth-order valence-electron chi connectivity index (χ4n) is 1.91. The molecule has 0 bridgehead atoms. The van der Waals surface area contributed by atoms with Gasteiger partial charge >= 0.3 is 0 Å². The number of rotatable bonds is 4. The van der Waals surface area contributed by atoms with Crippen LogP contribution in [0.15, 0.2) is 41.1 Å². The van der Waals surface area contributed by atoms with Crippen molar-refractivity contribution in [2.45, 2.75) is 13.0 Å². The molecule has 0 fully saturated rings. The van der Waals surface area contributed by atoms with Crippen LogP contribution in [0, 0.1) is 0 Å². The van der Waals surface area contributed by atoms with Gasteiger partial charge in [-0.1, -0.05) is 41.1 Å². The molecular weight excluding hydrogens is 278 g/mol. The van der Waals surface area contributed by atoms with Crippen molar-refractivity contribution in [2.24, 2.45) is 7.05 Å². The number of imidazole rings is 1. The zero-order valence-electron chi connectivity index (χ0n) is 10.0. The van der Waals surface area contributed by atoms with E-state index < -0.39 is 0 Å². The van der Waals surface area contributed by atoms with E-state index in [0.29, 0.717) is 0 Å². The molecule has 4 heteroatoms. The Kier molecular flexibility index (Phi) is 3.97. The summed E-state index contributed by atoms with van der Waals surface area (Å²) in [5, 5.41) is 3.47. The first-order valence-electron chi connectivity index (χ1n) is 5.69. The Morgan fingerprint density at radius 3 is 2.76 bits per heavy atom. The Bertz CT molecular complexity index is 493. The van der Waals surface area contributed by atoms with Crippen molar-refractivity contribution in [3.63, 3.8) is 0 Å². The Morgan fingerprint density at radius 1 is 1.41 bits per heavy atom. The smallest absolute Gasteiger partial charge is 0.130 e. The number of nitrogens with zero attached hydrogens (tertiary/aromatic N) is 2. The average Bonchev–Trinajstić information content (AvgIpc) is 2.74. The highest BCUT2D eigenvalue weighted by Crippen LogP contribution is 2.27. The molecule has 1 N–H and O–H groups in total. The average molecular weight is 294 g/mol. The van der Waals surface area contributed by atoms with Gasteiger partial charge in [0.15, 0.2) is 0 Å². The quantitative estimate of drug-likeness (QED) is 0.939. The van der Waals surface area contributed by atoms with Crippen LogP contribution >= 0.6 is 15.9 Å². The first kappa shape index (κ1) is 12.3. The Hall–Kier alpha value is -1.13. The lowest BCUT2D eigenvalue weighted by molar-refractivity contribution is 0.575. The third-order valence-electron chi connectivity index (χ3n) is 2.74. The fraction of sp³-hybridized carbons (Fsp3) is 0.308. The monoisotopic (exact) mass is 293 g/mol. The lowest BCUT2D eigenvalue weighted by Crippen LogP contribution is -2.25. The van der Waals surface area contributed by atoms with E-state index in [-0.39, 0.29) is 6.04 Å². The van der Waals surface area contributed by atoms with Gasteiger partial charge < -0.3 is 9.88 Å². The van der Waals surface area contributed by atoms with E-state index in [2.05, 4.69) is 45.3 Å². The van der Waals surface area contributed by atoms with E-state index in [1.807, 2.05) is 36.1 Å². The standard InChI is InChI=1S/C13H16BrN3/c1-3-15-12(13-16-8-9-17(13)2)10-6-4-5-7-11(10)14/h4-9,12,15H,3H2,1-2H3. The maximum Gasteiger partial charge on any atom is 0.130 e. The lowest BCUT2D eigenvalue weighted by atomic mass is 10.1. The second-order valence-electron chi connectivity index (χ2n) is 3.91. The molecule has 0 radical (unpaired) electrons. The van der Waals surface area contributed by atoms with Crippen molar-refractivity contribution in [3.8, 4) is 0 Å². The Balaban J connectivity index is 2.43. The maximum absolute atomic E-state index is 4.43. The minimum atomic E-state index is 0.121. The molecule has 1 aromatic heterocycles. The molecule has 90 valence electrons. The second kappa shape index (κ2) is 5.47. The van der Waals surface area contributed by atoms with Crippen LogP contribution in [-0.4, -0.2) is 16.1 Å². The van der Waals surface area contributed by atoms with Gasteiger partial charge in [-0.25, -0.2) is 4.98 Å². The van der Waals surface area contributed by atoms with Crippen LogP contribution in [0.25, 0.3) is 0 Å². The summed E-state index contributed by atoms with van der Waals surface area (Å²) in [7, 11) is 2.02. The topological polar surface area (TPSA) is 29.9 Å². The van der Waals surface area contributed by atoms with Crippen LogP contribution in [0.1, 0.15) is 24.4 Å². The van der Waals surface area contributed by atoms with Crippen LogP contribution < -0.4 is 5.32 Å². The third-order valence-corrected chi connectivity index (χ3v) is 3.46. The van der Waals surface area contributed by atoms with Crippen LogP contribution in [0.2, 0.25) is 0 Å². The molecule has 0 saturated heterocycles. The summed E-state index contributed by atoms with van der Waals surface area (Å²) >= 11 is 3.60. The van der Waals surface area contributed by atoms with E-state index in [4.69, 9.17) is 0 Å². The highest BCUT2D eigenvalue weighted by Gasteiger charge is 2.18. The van der Waals surface area contributed by atoms with Gasteiger partial charge in [-0.3, -0.25) is 0 Å². The van der Waals surface area contributed by atoms with Crippen LogP contribution in [0.4, 0.5) is 0 Å². The summed E-state index contributed by atoms with van der Waals surface area (Å²) in [5.74, 6) is 1.03. The molecule has 1 unspecified atom stereocenters. The molecule has 1 atom stereocenters. The molecule has 1 heterocycles. The zero-order chi connectivity index (χ0) is 12.3. The van der Waals surface area contributed by atoms with Crippen LogP contribution in [-0.2, 0) is 7.05 Å². The van der Waals surface area contributed by atoms with Gasteiger partial charge in [-0.05, 0) is 18.2 Å². The minimum Gasteiger partial charge on any atom is -0.336 e. The first-order valence-corrected chi connectivity index (χ1v) is 6.48. The maximum atomic E-state index is 4.43. The van der Waals surface area contributed by atoms with Gasteiger partial charge in [0.25, 0.3) is 0 Å². The molecule has 1 aromatic carbocycles. The summed E-state index contributed by atoms with van der Waals surface area (Å²) in [6.45, 7) is 3.01. The summed E-state index contributed by atoms with van der Waals surface area (Å²) in [4.78, 5) is 4.43. The van der Waals surface area contributed by atoms with E-state index >= 15 is 0 Å². The van der Waals surface area contributed by atoms with Crippen molar-refractivity contribution in [3.05, 3.63) is 52.5 Å². The number of halogens is 1. The molecule has 0 saturated carbocycles. The van der Waals surface area contributed by atoms with E-state index in [0.717, 1.165) is 16.8 Å². The number of benzene rings is 1. The third kappa shape index (κ3) is 2.58. The number of nitrogens with one attached hydrogen (secondary N) is 1. The predicted molar refractivity (Wildman–Crippen MR) is 72.9 cm³/mol. The summed E-state index contributed by atoms with van der Waals surface area (Å²) < 4.78 is 3.15. The fourth-order valence-corrected chi connectivity index (χ4v) is 2.42. The van der Waals surface area contributed by atoms with Gasteiger partial charge in [-0.2, -0.15) is 0 Å². The molecule has 0 aliphatic carbocycles. The number of hydrogen-bond acceptors (Lipinski definition) is 2. The molecule has 2 aromatic rings. The minimum absolute atomic E-state index is 0.121. The largest absolute Gasteiger partial charge is 0.336 e. The number of aryl methyl sites for hydroxylation is 1. The molecule has 0 amide bonds. The van der Waals surface area contributed by atoms with Gasteiger partial charge in [0.05, 0.1) is 6.04 Å². The van der Waals surface area contributed by atoms with Crippen molar-refractivity contribution in [2.75, 3.05) is 6.54 Å². The summed E-state index contributed by atoms with van der Waals surface area (Å²) in [6.07, 6.45) is 3.80.